The van der Waals surface area contributed by atoms with Gasteiger partial charge in [-0.05, 0) is 37.8 Å². The molecule has 2 fully saturated rings. The van der Waals surface area contributed by atoms with Gasteiger partial charge < -0.3 is 29.4 Å². The van der Waals surface area contributed by atoms with Crippen LogP contribution in [0.4, 0.5) is 0 Å². The molecule has 0 aliphatic carbocycles. The molecule has 0 radical (unpaired) electrons. The van der Waals surface area contributed by atoms with Crippen molar-refractivity contribution in [3.63, 3.8) is 0 Å². The maximum atomic E-state index is 5.45. The maximum absolute atomic E-state index is 5.45. The highest BCUT2D eigenvalue weighted by atomic mass is 16.5. The molecule has 8 nitrogen and oxygen atoms in total. The molecule has 1 aromatic rings. The number of nitrogens with one attached hydrogen (secondary N) is 2. The first-order chi connectivity index (χ1) is 15.3. The zero-order valence-corrected chi connectivity index (χ0v) is 19.2. The average Bonchev–Trinajstić information content (AvgIpc) is 3.32. The van der Waals surface area contributed by atoms with Crippen LogP contribution in [-0.4, -0.2) is 101 Å². The van der Waals surface area contributed by atoms with Gasteiger partial charge in [0.05, 0.1) is 19.5 Å². The number of piperidine rings is 1. The van der Waals surface area contributed by atoms with E-state index in [0.717, 1.165) is 116 Å². The van der Waals surface area contributed by atoms with E-state index in [1.165, 1.54) is 0 Å². The van der Waals surface area contributed by atoms with Crippen LogP contribution in [0.15, 0.2) is 27.8 Å². The van der Waals surface area contributed by atoms with Gasteiger partial charge in [0.15, 0.2) is 5.96 Å². The second kappa shape index (κ2) is 14.5. The van der Waals surface area contributed by atoms with Gasteiger partial charge in [-0.15, -0.1) is 0 Å². The molecular weight excluding hydrogens is 394 g/mol. The summed E-state index contributed by atoms with van der Waals surface area (Å²) in [6.07, 6.45) is 7.08. The molecule has 31 heavy (non-hydrogen) atoms. The van der Waals surface area contributed by atoms with E-state index in [9.17, 15) is 0 Å². The van der Waals surface area contributed by atoms with Crippen molar-refractivity contribution >= 4 is 5.96 Å². The van der Waals surface area contributed by atoms with Crippen molar-refractivity contribution in [2.24, 2.45) is 4.99 Å². The fourth-order valence-corrected chi connectivity index (χ4v) is 4.15. The lowest BCUT2D eigenvalue weighted by Crippen LogP contribution is -2.49. The molecule has 0 aromatic carbocycles. The second-order valence-electron chi connectivity index (χ2n) is 8.40. The Labute approximate surface area is 187 Å². The van der Waals surface area contributed by atoms with E-state index < -0.39 is 0 Å². The van der Waals surface area contributed by atoms with Crippen LogP contribution in [0.5, 0.6) is 0 Å². The summed E-state index contributed by atoms with van der Waals surface area (Å²) in [6, 6.07) is 4.44. The molecule has 0 saturated carbocycles. The fourth-order valence-electron chi connectivity index (χ4n) is 4.15. The maximum Gasteiger partial charge on any atom is 0.191 e. The van der Waals surface area contributed by atoms with Gasteiger partial charge in [0, 0.05) is 78.5 Å². The summed E-state index contributed by atoms with van der Waals surface area (Å²) in [5.74, 6) is 1.94. The minimum atomic E-state index is 0.479. The number of hydrogen-bond donors (Lipinski definition) is 2. The molecule has 176 valence electrons. The van der Waals surface area contributed by atoms with Crippen LogP contribution in [0.1, 0.15) is 31.4 Å². The van der Waals surface area contributed by atoms with Crippen LogP contribution in [0.2, 0.25) is 0 Å². The number of nitrogens with zero attached hydrogens (tertiary/aromatic N) is 3. The number of rotatable bonds is 12. The summed E-state index contributed by atoms with van der Waals surface area (Å²) in [6.45, 7) is 10.8. The first-order valence-electron chi connectivity index (χ1n) is 11.9. The number of guanidine groups is 1. The number of furan rings is 1. The normalized spacial score (nSPS) is 19.6. The van der Waals surface area contributed by atoms with Crippen molar-refractivity contribution in [3.05, 3.63) is 24.2 Å². The first kappa shape index (κ1) is 24.0. The zero-order chi connectivity index (χ0) is 21.6. The second-order valence-corrected chi connectivity index (χ2v) is 8.40. The molecule has 2 aliphatic rings. The lowest BCUT2D eigenvalue weighted by atomic mass is 10.1. The molecule has 0 spiro atoms. The van der Waals surface area contributed by atoms with Crippen LogP contribution in [-0.2, 0) is 15.9 Å². The Kier molecular flexibility index (Phi) is 11.2. The Morgan fingerprint density at radius 1 is 1.13 bits per heavy atom. The Morgan fingerprint density at radius 2 is 1.90 bits per heavy atom. The lowest BCUT2D eigenvalue weighted by Gasteiger charge is -2.33. The number of morpholine rings is 1. The molecule has 0 unspecified atom stereocenters. The Hall–Kier alpha value is -1.61. The monoisotopic (exact) mass is 435 g/mol. The summed E-state index contributed by atoms with van der Waals surface area (Å²) < 4.78 is 16.1. The van der Waals surface area contributed by atoms with Crippen molar-refractivity contribution < 1.29 is 13.9 Å². The van der Waals surface area contributed by atoms with Gasteiger partial charge in [-0.25, -0.2) is 0 Å². The minimum Gasteiger partial charge on any atom is -0.469 e. The van der Waals surface area contributed by atoms with Gasteiger partial charge in [0.1, 0.15) is 5.76 Å². The number of methoxy groups -OCH3 is 1. The van der Waals surface area contributed by atoms with Crippen molar-refractivity contribution in [1.82, 2.24) is 20.4 Å². The molecule has 2 saturated heterocycles. The van der Waals surface area contributed by atoms with E-state index in [2.05, 4.69) is 20.4 Å². The summed E-state index contributed by atoms with van der Waals surface area (Å²) >= 11 is 0. The summed E-state index contributed by atoms with van der Waals surface area (Å²) in [5.41, 5.74) is 0. The zero-order valence-electron chi connectivity index (χ0n) is 19.2. The molecule has 2 N–H and O–H groups in total. The fraction of sp³-hybridized carbons (Fsp3) is 0.783. The predicted octanol–water partition coefficient (Wildman–Crippen LogP) is 1.58. The van der Waals surface area contributed by atoms with Gasteiger partial charge in [0.25, 0.3) is 0 Å². The number of likely N-dealkylation sites (tertiary alicyclic amines) is 1. The van der Waals surface area contributed by atoms with Crippen molar-refractivity contribution in [3.8, 4) is 0 Å². The summed E-state index contributed by atoms with van der Waals surface area (Å²) in [5, 5.41) is 7.20. The van der Waals surface area contributed by atoms with Gasteiger partial charge in [0.2, 0.25) is 0 Å². The van der Waals surface area contributed by atoms with Crippen molar-refractivity contribution in [2.45, 2.75) is 38.1 Å². The van der Waals surface area contributed by atoms with Crippen molar-refractivity contribution in [1.29, 1.82) is 0 Å². The van der Waals surface area contributed by atoms with E-state index in [1.54, 1.807) is 13.4 Å². The average molecular weight is 436 g/mol. The van der Waals surface area contributed by atoms with Crippen LogP contribution < -0.4 is 10.6 Å². The number of aliphatic imine (C=N–C) groups is 1. The third kappa shape index (κ3) is 9.60. The van der Waals surface area contributed by atoms with Crippen LogP contribution in [0.3, 0.4) is 0 Å². The molecule has 0 amide bonds. The molecule has 8 heteroatoms. The Morgan fingerprint density at radius 3 is 2.65 bits per heavy atom. The van der Waals surface area contributed by atoms with Crippen LogP contribution in [0, 0.1) is 0 Å². The van der Waals surface area contributed by atoms with Gasteiger partial charge >= 0.3 is 0 Å². The third-order valence-corrected chi connectivity index (χ3v) is 6.00. The molecule has 2 aliphatic heterocycles. The van der Waals surface area contributed by atoms with Gasteiger partial charge in [-0.3, -0.25) is 9.89 Å². The van der Waals surface area contributed by atoms with E-state index in [0.29, 0.717) is 6.04 Å². The summed E-state index contributed by atoms with van der Waals surface area (Å²) in [4.78, 5) is 9.89. The van der Waals surface area contributed by atoms with Crippen molar-refractivity contribution in [2.75, 3.05) is 79.3 Å². The van der Waals surface area contributed by atoms with E-state index in [-0.39, 0.29) is 0 Å². The molecule has 3 heterocycles. The molecule has 1 aromatic heterocycles. The van der Waals surface area contributed by atoms with Crippen LogP contribution in [0.25, 0.3) is 0 Å². The largest absolute Gasteiger partial charge is 0.469 e. The third-order valence-electron chi connectivity index (χ3n) is 6.00. The SMILES string of the molecule is COCCCN1CCC(NC(=NCCCN2CCOCC2)NCCc2ccco2)CC1. The van der Waals surface area contributed by atoms with Gasteiger partial charge in [-0.1, -0.05) is 0 Å². The quantitative estimate of drug-likeness (QED) is 0.293. The number of hydrogen-bond acceptors (Lipinski definition) is 6. The standard InChI is InChI=1S/C23H41N5O3/c1-29-17-4-12-27-13-7-21(8-14-27)26-23(25-10-6-22-5-2-18-31-22)24-9-3-11-28-15-19-30-20-16-28/h2,5,18,21H,3-4,6-17,19-20H2,1H3,(H2,24,25,26). The Balaban J connectivity index is 1.40. The highest BCUT2D eigenvalue weighted by Crippen LogP contribution is 2.11. The van der Waals surface area contributed by atoms with E-state index >= 15 is 0 Å². The number of ether oxygens (including phenoxy) is 2. The Bertz CT molecular complexity index is 596. The van der Waals surface area contributed by atoms with E-state index in [1.807, 2.05) is 12.1 Å². The van der Waals surface area contributed by atoms with Gasteiger partial charge in [-0.2, -0.15) is 0 Å². The predicted molar refractivity (Wildman–Crippen MR) is 124 cm³/mol. The molecular formula is C23H41N5O3. The lowest BCUT2D eigenvalue weighted by molar-refractivity contribution is 0.0377. The molecule has 3 rings (SSSR count). The van der Waals surface area contributed by atoms with E-state index in [4.69, 9.17) is 18.9 Å². The minimum absolute atomic E-state index is 0.479. The smallest absolute Gasteiger partial charge is 0.191 e. The topological polar surface area (TPSA) is 74.5 Å². The van der Waals surface area contributed by atoms with Crippen LogP contribution >= 0.6 is 0 Å². The molecule has 0 atom stereocenters. The first-order valence-corrected chi connectivity index (χ1v) is 11.9. The highest BCUT2D eigenvalue weighted by Gasteiger charge is 2.19. The molecule has 0 bridgehead atoms. The highest BCUT2D eigenvalue weighted by molar-refractivity contribution is 5.80. The summed E-state index contributed by atoms with van der Waals surface area (Å²) in [7, 11) is 1.77.